The van der Waals surface area contributed by atoms with Crippen molar-refractivity contribution in [1.82, 2.24) is 20.3 Å². The third kappa shape index (κ3) is 2.92. The maximum Gasteiger partial charge on any atom is 0.251 e. The van der Waals surface area contributed by atoms with Gasteiger partial charge in [-0.2, -0.15) is 0 Å². The van der Waals surface area contributed by atoms with Gasteiger partial charge in [0.05, 0.1) is 5.52 Å². The van der Waals surface area contributed by atoms with E-state index in [-0.39, 0.29) is 17.5 Å². The summed E-state index contributed by atoms with van der Waals surface area (Å²) >= 11 is 0. The Balaban J connectivity index is 2.35. The number of nitrogens with zero attached hydrogens (tertiary/aromatic N) is 3. The molecule has 0 aliphatic rings. The summed E-state index contributed by atoms with van der Waals surface area (Å²) in [6, 6.07) is 5.74. The van der Waals surface area contributed by atoms with Crippen molar-refractivity contribution in [1.29, 1.82) is 0 Å². The van der Waals surface area contributed by atoms with Crippen LogP contribution in [-0.2, 0) is 0 Å². The highest BCUT2D eigenvalue weighted by Crippen LogP contribution is 2.17. The third-order valence-corrected chi connectivity index (χ3v) is 2.71. The van der Waals surface area contributed by atoms with Crippen LogP contribution in [0.5, 0.6) is 0 Å². The number of nitrogens with one attached hydrogen (secondary N) is 1. The average molecular weight is 260 g/mol. The van der Waals surface area contributed by atoms with Crippen LogP contribution in [0, 0.1) is 0 Å². The first-order chi connectivity index (χ1) is 8.78. The molecular formula is C14H20N4O. The van der Waals surface area contributed by atoms with E-state index in [0.717, 1.165) is 11.0 Å². The van der Waals surface area contributed by atoms with Gasteiger partial charge in [0.15, 0.2) is 0 Å². The average Bonchev–Trinajstić information content (AvgIpc) is 2.68. The van der Waals surface area contributed by atoms with Gasteiger partial charge in [-0.3, -0.25) is 4.79 Å². The van der Waals surface area contributed by atoms with Crippen LogP contribution in [-0.4, -0.2) is 26.4 Å². The maximum atomic E-state index is 12.1. The predicted octanol–water partition coefficient (Wildman–Crippen LogP) is 2.54. The molecule has 5 heteroatoms. The van der Waals surface area contributed by atoms with Crippen LogP contribution in [0.25, 0.3) is 11.0 Å². The van der Waals surface area contributed by atoms with Gasteiger partial charge in [-0.05, 0) is 52.8 Å². The second-order valence-corrected chi connectivity index (χ2v) is 6.04. The molecule has 0 saturated heterocycles. The number of carbonyl (C=O) groups excluding carboxylic acids is 1. The van der Waals surface area contributed by atoms with E-state index in [1.165, 1.54) is 0 Å². The lowest BCUT2D eigenvalue weighted by Gasteiger charge is -2.20. The fraction of sp³-hybridized carbons (Fsp3) is 0.500. The van der Waals surface area contributed by atoms with Gasteiger partial charge >= 0.3 is 0 Å². The second kappa shape index (κ2) is 4.64. The number of hydrogen-bond donors (Lipinski definition) is 1. The molecule has 1 aromatic carbocycles. The van der Waals surface area contributed by atoms with Crippen LogP contribution in [0.2, 0.25) is 0 Å². The van der Waals surface area contributed by atoms with Crippen LogP contribution in [0.1, 0.15) is 51.0 Å². The zero-order chi connectivity index (χ0) is 14.2. The quantitative estimate of drug-likeness (QED) is 0.902. The maximum absolute atomic E-state index is 12.1. The highest BCUT2D eigenvalue weighted by molar-refractivity contribution is 5.97. The Morgan fingerprint density at radius 1 is 1.32 bits per heavy atom. The topological polar surface area (TPSA) is 59.8 Å². The molecule has 0 radical (unpaired) electrons. The van der Waals surface area contributed by atoms with Crippen molar-refractivity contribution in [3.63, 3.8) is 0 Å². The number of benzene rings is 1. The number of fused-ring (bicyclic) bond motifs is 1. The monoisotopic (exact) mass is 260 g/mol. The SMILES string of the molecule is CC(C)n1nnc2cc(C(=O)NC(C)(C)C)ccc21. The Hall–Kier alpha value is -1.91. The van der Waals surface area contributed by atoms with E-state index in [2.05, 4.69) is 15.6 Å². The van der Waals surface area contributed by atoms with Gasteiger partial charge in [-0.1, -0.05) is 5.21 Å². The summed E-state index contributed by atoms with van der Waals surface area (Å²) < 4.78 is 1.85. The summed E-state index contributed by atoms with van der Waals surface area (Å²) in [4.78, 5) is 12.1. The largest absolute Gasteiger partial charge is 0.347 e. The normalized spacial score (nSPS) is 12.1. The summed E-state index contributed by atoms with van der Waals surface area (Å²) in [6.07, 6.45) is 0. The molecule has 0 fully saturated rings. The first-order valence-electron chi connectivity index (χ1n) is 6.45. The number of aromatic nitrogens is 3. The van der Waals surface area contributed by atoms with Gasteiger partial charge in [0.25, 0.3) is 5.91 Å². The fourth-order valence-corrected chi connectivity index (χ4v) is 1.88. The molecule has 1 amide bonds. The van der Waals surface area contributed by atoms with E-state index >= 15 is 0 Å². The van der Waals surface area contributed by atoms with E-state index in [0.29, 0.717) is 5.56 Å². The van der Waals surface area contributed by atoms with Gasteiger partial charge in [0.2, 0.25) is 0 Å². The number of amides is 1. The lowest BCUT2D eigenvalue weighted by atomic mass is 10.1. The minimum atomic E-state index is -0.248. The molecule has 0 bridgehead atoms. The van der Waals surface area contributed by atoms with Crippen LogP contribution >= 0.6 is 0 Å². The Bertz CT molecular complexity index is 607. The molecule has 102 valence electrons. The third-order valence-electron chi connectivity index (χ3n) is 2.71. The summed E-state index contributed by atoms with van der Waals surface area (Å²) in [6.45, 7) is 9.97. The first kappa shape index (κ1) is 13.5. The van der Waals surface area contributed by atoms with Crippen molar-refractivity contribution in [3.8, 4) is 0 Å². The van der Waals surface area contributed by atoms with Gasteiger partial charge in [0, 0.05) is 17.1 Å². The molecule has 0 atom stereocenters. The number of carbonyl (C=O) groups is 1. The molecule has 5 nitrogen and oxygen atoms in total. The summed E-state index contributed by atoms with van der Waals surface area (Å²) in [5.41, 5.74) is 2.05. The van der Waals surface area contributed by atoms with Gasteiger partial charge in [-0.15, -0.1) is 5.10 Å². The minimum absolute atomic E-state index is 0.0894. The smallest absolute Gasteiger partial charge is 0.251 e. The Morgan fingerprint density at radius 2 is 2.00 bits per heavy atom. The lowest BCUT2D eigenvalue weighted by Crippen LogP contribution is -2.40. The summed E-state index contributed by atoms with van der Waals surface area (Å²) in [7, 11) is 0. The van der Waals surface area contributed by atoms with Crippen molar-refractivity contribution >= 4 is 16.9 Å². The molecule has 0 aliphatic carbocycles. The number of hydrogen-bond acceptors (Lipinski definition) is 3. The molecule has 2 aromatic rings. The Kier molecular flexibility index (Phi) is 3.30. The molecule has 0 spiro atoms. The van der Waals surface area contributed by atoms with Crippen LogP contribution in [0.15, 0.2) is 18.2 Å². The summed E-state index contributed by atoms with van der Waals surface area (Å²) in [5.74, 6) is -0.0894. The minimum Gasteiger partial charge on any atom is -0.347 e. The standard InChI is InChI=1S/C14H20N4O/c1-9(2)18-12-7-6-10(8-11(12)16-17-18)13(19)15-14(3,4)5/h6-9H,1-5H3,(H,15,19). The van der Waals surface area contributed by atoms with Crippen molar-refractivity contribution in [3.05, 3.63) is 23.8 Å². The molecule has 19 heavy (non-hydrogen) atoms. The molecule has 1 heterocycles. The molecule has 0 unspecified atom stereocenters. The van der Waals surface area contributed by atoms with E-state index in [9.17, 15) is 4.79 Å². The first-order valence-corrected chi connectivity index (χ1v) is 6.45. The van der Waals surface area contributed by atoms with E-state index < -0.39 is 0 Å². The Labute approximate surface area is 113 Å². The van der Waals surface area contributed by atoms with Crippen LogP contribution < -0.4 is 5.32 Å². The molecule has 1 aromatic heterocycles. The zero-order valence-corrected chi connectivity index (χ0v) is 12.1. The van der Waals surface area contributed by atoms with Gasteiger partial charge in [0.1, 0.15) is 5.52 Å². The molecule has 0 saturated carbocycles. The second-order valence-electron chi connectivity index (χ2n) is 6.04. The van der Waals surface area contributed by atoms with Crippen molar-refractivity contribution < 1.29 is 4.79 Å². The molecule has 0 aliphatic heterocycles. The van der Waals surface area contributed by atoms with Gasteiger partial charge < -0.3 is 5.32 Å². The van der Waals surface area contributed by atoms with Crippen LogP contribution in [0.3, 0.4) is 0 Å². The molecule has 2 rings (SSSR count). The Morgan fingerprint density at radius 3 is 2.58 bits per heavy atom. The highest BCUT2D eigenvalue weighted by Gasteiger charge is 2.16. The van der Waals surface area contributed by atoms with Crippen molar-refractivity contribution in [2.24, 2.45) is 0 Å². The van der Waals surface area contributed by atoms with Gasteiger partial charge in [-0.25, -0.2) is 4.68 Å². The van der Waals surface area contributed by atoms with Crippen LogP contribution in [0.4, 0.5) is 0 Å². The highest BCUT2D eigenvalue weighted by atomic mass is 16.1. The molecular weight excluding hydrogens is 240 g/mol. The summed E-state index contributed by atoms with van der Waals surface area (Å²) in [5, 5.41) is 11.2. The predicted molar refractivity (Wildman–Crippen MR) is 75.1 cm³/mol. The zero-order valence-electron chi connectivity index (χ0n) is 12.1. The van der Waals surface area contributed by atoms with E-state index in [1.807, 2.05) is 51.4 Å². The van der Waals surface area contributed by atoms with Crippen molar-refractivity contribution in [2.45, 2.75) is 46.2 Å². The number of rotatable bonds is 2. The van der Waals surface area contributed by atoms with E-state index in [1.54, 1.807) is 6.07 Å². The fourth-order valence-electron chi connectivity index (χ4n) is 1.88. The van der Waals surface area contributed by atoms with Crippen molar-refractivity contribution in [2.75, 3.05) is 0 Å². The molecule has 1 N–H and O–H groups in total. The lowest BCUT2D eigenvalue weighted by molar-refractivity contribution is 0.0919. The van der Waals surface area contributed by atoms with E-state index in [4.69, 9.17) is 0 Å².